The number of carbonyl (C=O) groups is 1. The second kappa shape index (κ2) is 5.59. The highest BCUT2D eigenvalue weighted by Crippen LogP contribution is 2.02. The lowest BCUT2D eigenvalue weighted by atomic mass is 10.4. The molecule has 2 heterocycles. The van der Waals surface area contributed by atoms with E-state index in [-0.39, 0.29) is 12.5 Å². The highest BCUT2D eigenvalue weighted by Gasteiger charge is 2.05. The first-order chi connectivity index (χ1) is 8.65. The summed E-state index contributed by atoms with van der Waals surface area (Å²) < 4.78 is 1.66. The molecule has 1 N–H and O–H groups in total. The van der Waals surface area contributed by atoms with E-state index in [1.807, 2.05) is 36.7 Å². The second-order valence-electron chi connectivity index (χ2n) is 3.93. The van der Waals surface area contributed by atoms with Crippen LogP contribution in [0, 0.1) is 13.8 Å². The van der Waals surface area contributed by atoms with E-state index in [1.165, 1.54) is 0 Å². The van der Waals surface area contributed by atoms with Crippen molar-refractivity contribution in [1.82, 2.24) is 15.2 Å². The molecule has 2 rings (SSSR count). The first-order valence-corrected chi connectivity index (χ1v) is 6.44. The monoisotopic (exact) mass is 262 g/mol. The molecule has 18 heavy (non-hydrogen) atoms. The topological polar surface area (TPSA) is 59.3 Å². The van der Waals surface area contributed by atoms with Crippen LogP contribution in [0.3, 0.4) is 0 Å². The Bertz CT molecular complexity index is 557. The van der Waals surface area contributed by atoms with E-state index in [0.29, 0.717) is 0 Å². The third-order valence-corrected chi connectivity index (χ3v) is 3.04. The molecule has 0 saturated carbocycles. The Hall–Kier alpha value is -1.95. The average molecular weight is 262 g/mol. The van der Waals surface area contributed by atoms with Gasteiger partial charge in [-0.1, -0.05) is 0 Å². The summed E-state index contributed by atoms with van der Waals surface area (Å²) in [7, 11) is 0. The molecule has 2 aromatic rings. The van der Waals surface area contributed by atoms with E-state index >= 15 is 0 Å². The zero-order valence-corrected chi connectivity index (χ0v) is 11.1. The van der Waals surface area contributed by atoms with Crippen molar-refractivity contribution in [2.45, 2.75) is 20.4 Å². The summed E-state index contributed by atoms with van der Waals surface area (Å²) in [5.41, 5.74) is 5.33. The zero-order valence-electron chi connectivity index (χ0n) is 10.3. The number of aryl methyl sites for hydroxylation is 2. The van der Waals surface area contributed by atoms with Crippen LogP contribution < -0.4 is 5.43 Å². The van der Waals surface area contributed by atoms with Gasteiger partial charge in [0.15, 0.2) is 0 Å². The van der Waals surface area contributed by atoms with Gasteiger partial charge in [0.1, 0.15) is 6.54 Å². The minimum atomic E-state index is -0.187. The summed E-state index contributed by atoms with van der Waals surface area (Å²) in [4.78, 5) is 11.6. The van der Waals surface area contributed by atoms with Crippen LogP contribution in [0.25, 0.3) is 0 Å². The summed E-state index contributed by atoms with van der Waals surface area (Å²) >= 11 is 1.59. The van der Waals surface area contributed by atoms with E-state index in [4.69, 9.17) is 0 Å². The molecule has 0 unspecified atom stereocenters. The van der Waals surface area contributed by atoms with Crippen molar-refractivity contribution in [3.63, 3.8) is 0 Å². The predicted molar refractivity (Wildman–Crippen MR) is 71.8 cm³/mol. The Kier molecular flexibility index (Phi) is 3.88. The van der Waals surface area contributed by atoms with E-state index < -0.39 is 0 Å². The summed E-state index contributed by atoms with van der Waals surface area (Å²) in [6, 6.07) is 3.86. The Morgan fingerprint density at radius 1 is 1.61 bits per heavy atom. The summed E-state index contributed by atoms with van der Waals surface area (Å²) in [5.74, 6) is -0.187. The predicted octanol–water partition coefficient (Wildman–Crippen LogP) is 1.71. The molecule has 0 aliphatic carbocycles. The zero-order chi connectivity index (χ0) is 13.0. The van der Waals surface area contributed by atoms with Gasteiger partial charge < -0.3 is 0 Å². The first kappa shape index (κ1) is 12.5. The van der Waals surface area contributed by atoms with Crippen molar-refractivity contribution < 1.29 is 4.79 Å². The lowest BCUT2D eigenvalue weighted by Crippen LogP contribution is -2.24. The van der Waals surface area contributed by atoms with E-state index in [2.05, 4.69) is 15.6 Å². The van der Waals surface area contributed by atoms with Crippen molar-refractivity contribution in [1.29, 1.82) is 0 Å². The minimum absolute atomic E-state index is 0.181. The lowest BCUT2D eigenvalue weighted by molar-refractivity contribution is -0.121. The molecule has 0 aliphatic rings. The highest BCUT2D eigenvalue weighted by molar-refractivity contribution is 7.08. The molecule has 0 atom stereocenters. The van der Waals surface area contributed by atoms with Crippen molar-refractivity contribution in [3.8, 4) is 0 Å². The fourth-order valence-electron chi connectivity index (χ4n) is 1.53. The van der Waals surface area contributed by atoms with Crippen LogP contribution in [0.1, 0.15) is 17.0 Å². The maximum absolute atomic E-state index is 11.6. The maximum atomic E-state index is 11.6. The van der Waals surface area contributed by atoms with Gasteiger partial charge in [-0.3, -0.25) is 9.48 Å². The first-order valence-electron chi connectivity index (χ1n) is 5.50. The molecule has 2 aromatic heterocycles. The number of rotatable bonds is 4. The van der Waals surface area contributed by atoms with Crippen LogP contribution in [0.15, 0.2) is 28.0 Å². The number of nitrogens with zero attached hydrogens (tertiary/aromatic N) is 3. The number of hydrazone groups is 1. The lowest BCUT2D eigenvalue weighted by Gasteiger charge is -2.02. The molecule has 0 radical (unpaired) electrons. The summed E-state index contributed by atoms with van der Waals surface area (Å²) in [5, 5.41) is 12.0. The van der Waals surface area contributed by atoms with Crippen LogP contribution in [-0.2, 0) is 11.3 Å². The molecular weight excluding hydrogens is 248 g/mol. The van der Waals surface area contributed by atoms with Gasteiger partial charge in [0.05, 0.1) is 11.9 Å². The van der Waals surface area contributed by atoms with E-state index in [1.54, 1.807) is 22.2 Å². The molecule has 0 bridgehead atoms. The fourth-order valence-corrected chi connectivity index (χ4v) is 2.14. The number of carbonyl (C=O) groups excluding carboxylic acids is 1. The van der Waals surface area contributed by atoms with Crippen LogP contribution in [0.5, 0.6) is 0 Å². The molecule has 0 fully saturated rings. The van der Waals surface area contributed by atoms with Gasteiger partial charge in [-0.25, -0.2) is 5.43 Å². The summed E-state index contributed by atoms with van der Waals surface area (Å²) in [6.45, 7) is 4.00. The minimum Gasteiger partial charge on any atom is -0.271 e. The van der Waals surface area contributed by atoms with Crippen molar-refractivity contribution in [2.75, 3.05) is 0 Å². The van der Waals surface area contributed by atoms with Crippen molar-refractivity contribution in [2.24, 2.45) is 5.10 Å². The molecule has 0 spiro atoms. The van der Waals surface area contributed by atoms with Crippen LogP contribution in [-0.4, -0.2) is 21.9 Å². The van der Waals surface area contributed by atoms with Gasteiger partial charge in [-0.2, -0.15) is 21.5 Å². The second-order valence-corrected chi connectivity index (χ2v) is 4.71. The Morgan fingerprint density at radius 2 is 2.44 bits per heavy atom. The maximum Gasteiger partial charge on any atom is 0.261 e. The molecule has 5 nitrogen and oxygen atoms in total. The average Bonchev–Trinajstić information content (AvgIpc) is 2.90. The van der Waals surface area contributed by atoms with Crippen LogP contribution in [0.4, 0.5) is 0 Å². The smallest absolute Gasteiger partial charge is 0.261 e. The molecular formula is C12H14N4OS. The quantitative estimate of drug-likeness (QED) is 0.673. The number of hydrogen-bond donors (Lipinski definition) is 1. The SMILES string of the molecule is Cc1cc(C)n(CC(=O)N/N=C/c2ccsc2)n1. The van der Waals surface area contributed by atoms with Crippen molar-refractivity contribution >= 4 is 23.5 Å². The standard InChI is InChI=1S/C12H14N4OS/c1-9-5-10(2)16(15-9)7-12(17)14-13-6-11-3-4-18-8-11/h3-6,8H,7H2,1-2H3,(H,14,17)/b13-6+. The van der Waals surface area contributed by atoms with Gasteiger partial charge in [0, 0.05) is 11.3 Å². The Morgan fingerprint density at radius 3 is 3.06 bits per heavy atom. The van der Waals surface area contributed by atoms with Crippen LogP contribution >= 0.6 is 11.3 Å². The molecule has 6 heteroatoms. The number of amides is 1. The highest BCUT2D eigenvalue weighted by atomic mass is 32.1. The summed E-state index contributed by atoms with van der Waals surface area (Å²) in [6.07, 6.45) is 1.62. The molecule has 0 aromatic carbocycles. The van der Waals surface area contributed by atoms with Gasteiger partial charge >= 0.3 is 0 Å². The van der Waals surface area contributed by atoms with Crippen molar-refractivity contribution in [3.05, 3.63) is 39.8 Å². The Balaban J connectivity index is 1.87. The number of aromatic nitrogens is 2. The largest absolute Gasteiger partial charge is 0.271 e. The number of hydrogen-bond acceptors (Lipinski definition) is 4. The van der Waals surface area contributed by atoms with E-state index in [0.717, 1.165) is 17.0 Å². The van der Waals surface area contributed by atoms with Crippen LogP contribution in [0.2, 0.25) is 0 Å². The molecule has 1 amide bonds. The number of thiophene rings is 1. The molecule has 0 aliphatic heterocycles. The normalized spacial score (nSPS) is 11.0. The molecule has 0 saturated heterocycles. The van der Waals surface area contributed by atoms with Gasteiger partial charge in [-0.05, 0) is 36.7 Å². The fraction of sp³-hybridized carbons (Fsp3) is 0.250. The number of nitrogens with one attached hydrogen (secondary N) is 1. The molecule has 94 valence electrons. The van der Waals surface area contributed by atoms with Gasteiger partial charge in [0.2, 0.25) is 0 Å². The van der Waals surface area contributed by atoms with E-state index in [9.17, 15) is 4.79 Å². The Labute approximate surface area is 109 Å². The third kappa shape index (κ3) is 3.27. The van der Waals surface area contributed by atoms with Gasteiger partial charge in [-0.15, -0.1) is 0 Å². The third-order valence-electron chi connectivity index (χ3n) is 2.34. The van der Waals surface area contributed by atoms with Gasteiger partial charge in [0.25, 0.3) is 5.91 Å².